The molecule has 0 heteroatoms. The van der Waals surface area contributed by atoms with Crippen molar-refractivity contribution in [1.29, 1.82) is 0 Å². The molecule has 0 radical (unpaired) electrons. The lowest BCUT2D eigenvalue weighted by Crippen LogP contribution is -1.81. The lowest BCUT2D eigenvalue weighted by atomic mass is 10.1. The molecule has 0 spiro atoms. The van der Waals surface area contributed by atoms with E-state index >= 15 is 0 Å². The Balaban J connectivity index is 2.10. The maximum atomic E-state index is 3.29. The third-order valence-electron chi connectivity index (χ3n) is 3.27. The Hall–Kier alpha value is -1.22. The van der Waals surface area contributed by atoms with Crippen molar-refractivity contribution in [2.45, 2.75) is 65.2 Å². The van der Waals surface area contributed by atoms with E-state index in [0.717, 1.165) is 6.42 Å². The van der Waals surface area contributed by atoms with Gasteiger partial charge in [0.15, 0.2) is 0 Å². The molecule has 0 aliphatic rings. The Morgan fingerprint density at radius 2 is 1.56 bits per heavy atom. The smallest absolute Gasteiger partial charge is 0.0274 e. The molecule has 0 aliphatic heterocycles. The van der Waals surface area contributed by atoms with E-state index in [4.69, 9.17) is 0 Å². The van der Waals surface area contributed by atoms with E-state index in [-0.39, 0.29) is 0 Å². The number of hydrogen-bond acceptors (Lipinski definition) is 0. The zero-order chi connectivity index (χ0) is 13.1. The Labute approximate surface area is 113 Å². The SMILES string of the molecule is CCCCCCCCCC#Cc1ccccc1C. The minimum absolute atomic E-state index is 1.04. The summed E-state index contributed by atoms with van der Waals surface area (Å²) in [6.07, 6.45) is 10.6. The van der Waals surface area contributed by atoms with Crippen molar-refractivity contribution in [3.05, 3.63) is 35.4 Å². The number of unbranched alkanes of at least 4 members (excludes halogenated alkanes) is 7. The van der Waals surface area contributed by atoms with Gasteiger partial charge in [-0.3, -0.25) is 0 Å². The summed E-state index contributed by atoms with van der Waals surface area (Å²) in [5.74, 6) is 6.57. The summed E-state index contributed by atoms with van der Waals surface area (Å²) in [6, 6.07) is 8.35. The minimum Gasteiger partial charge on any atom is -0.0979 e. The number of aryl methyl sites for hydroxylation is 1. The van der Waals surface area contributed by atoms with Gasteiger partial charge in [-0.2, -0.15) is 0 Å². The number of rotatable bonds is 7. The first-order chi connectivity index (χ1) is 8.84. The van der Waals surface area contributed by atoms with Gasteiger partial charge in [-0.05, 0) is 25.0 Å². The van der Waals surface area contributed by atoms with E-state index in [1.807, 2.05) is 0 Å². The Bertz CT molecular complexity index is 379. The predicted molar refractivity (Wildman–Crippen MR) is 80.7 cm³/mol. The van der Waals surface area contributed by atoms with Gasteiger partial charge in [0.1, 0.15) is 0 Å². The normalized spacial score (nSPS) is 9.89. The standard InChI is InChI=1S/C18H26/c1-3-4-5-6-7-8-9-10-11-15-18-16-13-12-14-17(18)2/h12-14,16H,3-10H2,1-2H3. The van der Waals surface area contributed by atoms with Crippen molar-refractivity contribution in [3.63, 3.8) is 0 Å². The van der Waals surface area contributed by atoms with Crippen LogP contribution < -0.4 is 0 Å². The molecule has 0 aliphatic carbocycles. The van der Waals surface area contributed by atoms with Gasteiger partial charge < -0.3 is 0 Å². The molecule has 0 nitrogen and oxygen atoms in total. The monoisotopic (exact) mass is 242 g/mol. The van der Waals surface area contributed by atoms with E-state index in [9.17, 15) is 0 Å². The lowest BCUT2D eigenvalue weighted by molar-refractivity contribution is 0.594. The van der Waals surface area contributed by atoms with Crippen LogP contribution in [-0.4, -0.2) is 0 Å². The summed E-state index contributed by atoms with van der Waals surface area (Å²) in [4.78, 5) is 0. The largest absolute Gasteiger partial charge is 0.0979 e. The molecule has 0 bridgehead atoms. The zero-order valence-electron chi connectivity index (χ0n) is 12.0. The van der Waals surface area contributed by atoms with Gasteiger partial charge in [-0.1, -0.05) is 75.5 Å². The summed E-state index contributed by atoms with van der Waals surface area (Å²) >= 11 is 0. The zero-order valence-corrected chi connectivity index (χ0v) is 12.0. The third kappa shape index (κ3) is 6.50. The molecule has 0 saturated carbocycles. The van der Waals surface area contributed by atoms with Crippen LogP contribution in [0.15, 0.2) is 24.3 Å². The minimum atomic E-state index is 1.04. The van der Waals surface area contributed by atoms with Crippen LogP contribution in [-0.2, 0) is 0 Å². The molecule has 0 amide bonds. The van der Waals surface area contributed by atoms with Gasteiger partial charge in [-0.25, -0.2) is 0 Å². The molecule has 98 valence electrons. The summed E-state index contributed by atoms with van der Waals surface area (Å²) in [5, 5.41) is 0. The maximum absolute atomic E-state index is 3.29. The highest BCUT2D eigenvalue weighted by Crippen LogP contribution is 2.08. The van der Waals surface area contributed by atoms with E-state index < -0.39 is 0 Å². The number of hydrogen-bond donors (Lipinski definition) is 0. The first kappa shape index (κ1) is 14.8. The second-order valence-electron chi connectivity index (χ2n) is 4.99. The fourth-order valence-electron chi connectivity index (χ4n) is 2.04. The van der Waals surface area contributed by atoms with Crippen molar-refractivity contribution in [2.24, 2.45) is 0 Å². The lowest BCUT2D eigenvalue weighted by Gasteiger charge is -1.98. The Morgan fingerprint density at radius 3 is 2.28 bits per heavy atom. The van der Waals surface area contributed by atoms with Gasteiger partial charge in [0, 0.05) is 12.0 Å². The van der Waals surface area contributed by atoms with Crippen molar-refractivity contribution < 1.29 is 0 Å². The van der Waals surface area contributed by atoms with Gasteiger partial charge in [0.25, 0.3) is 0 Å². The average molecular weight is 242 g/mol. The third-order valence-corrected chi connectivity index (χ3v) is 3.27. The van der Waals surface area contributed by atoms with Crippen LogP contribution in [0.3, 0.4) is 0 Å². The molecule has 0 heterocycles. The topological polar surface area (TPSA) is 0 Å². The summed E-state index contributed by atoms with van der Waals surface area (Å²) in [7, 11) is 0. The Morgan fingerprint density at radius 1 is 0.889 bits per heavy atom. The van der Waals surface area contributed by atoms with Gasteiger partial charge in [0.2, 0.25) is 0 Å². The van der Waals surface area contributed by atoms with Crippen molar-refractivity contribution in [3.8, 4) is 11.8 Å². The molecule has 1 rings (SSSR count). The van der Waals surface area contributed by atoms with E-state index in [1.165, 1.54) is 56.1 Å². The van der Waals surface area contributed by atoms with Gasteiger partial charge in [-0.15, -0.1) is 0 Å². The molecule has 1 aromatic carbocycles. The van der Waals surface area contributed by atoms with Crippen LogP contribution in [0.25, 0.3) is 0 Å². The number of benzene rings is 1. The summed E-state index contributed by atoms with van der Waals surface area (Å²) in [6.45, 7) is 4.39. The highest BCUT2D eigenvalue weighted by molar-refractivity contribution is 5.40. The molecule has 0 fully saturated rings. The van der Waals surface area contributed by atoms with Crippen LogP contribution in [0.2, 0.25) is 0 Å². The molecular formula is C18H26. The summed E-state index contributed by atoms with van der Waals surface area (Å²) in [5.41, 5.74) is 2.46. The molecule has 18 heavy (non-hydrogen) atoms. The van der Waals surface area contributed by atoms with Crippen molar-refractivity contribution >= 4 is 0 Å². The first-order valence-corrected chi connectivity index (χ1v) is 7.39. The highest BCUT2D eigenvalue weighted by Gasteiger charge is 1.91. The van der Waals surface area contributed by atoms with Crippen LogP contribution in [0, 0.1) is 18.8 Å². The molecule has 0 atom stereocenters. The maximum Gasteiger partial charge on any atom is 0.0274 e. The van der Waals surface area contributed by atoms with E-state index in [1.54, 1.807) is 0 Å². The second-order valence-corrected chi connectivity index (χ2v) is 4.99. The molecule has 0 unspecified atom stereocenters. The molecule has 0 saturated heterocycles. The molecular weight excluding hydrogens is 216 g/mol. The fraction of sp³-hybridized carbons (Fsp3) is 0.556. The van der Waals surface area contributed by atoms with Crippen LogP contribution in [0.4, 0.5) is 0 Å². The van der Waals surface area contributed by atoms with Gasteiger partial charge in [0.05, 0.1) is 0 Å². The fourth-order valence-corrected chi connectivity index (χ4v) is 2.04. The van der Waals surface area contributed by atoms with Crippen LogP contribution >= 0.6 is 0 Å². The quantitative estimate of drug-likeness (QED) is 0.438. The van der Waals surface area contributed by atoms with Gasteiger partial charge >= 0.3 is 0 Å². The van der Waals surface area contributed by atoms with Crippen molar-refractivity contribution in [2.75, 3.05) is 0 Å². The molecule has 0 N–H and O–H groups in total. The molecule has 0 aromatic heterocycles. The van der Waals surface area contributed by atoms with Crippen LogP contribution in [0.5, 0.6) is 0 Å². The molecule has 1 aromatic rings. The Kier molecular flexibility index (Phi) is 8.06. The second kappa shape index (κ2) is 9.77. The first-order valence-electron chi connectivity index (χ1n) is 7.39. The van der Waals surface area contributed by atoms with E-state index in [2.05, 4.69) is 50.0 Å². The van der Waals surface area contributed by atoms with Crippen molar-refractivity contribution in [1.82, 2.24) is 0 Å². The van der Waals surface area contributed by atoms with E-state index in [0.29, 0.717) is 0 Å². The summed E-state index contributed by atoms with van der Waals surface area (Å²) < 4.78 is 0. The average Bonchev–Trinajstić information content (AvgIpc) is 2.39. The highest BCUT2D eigenvalue weighted by atomic mass is 14.0. The predicted octanol–water partition coefficient (Wildman–Crippen LogP) is 5.49. The van der Waals surface area contributed by atoms with Crippen LogP contribution in [0.1, 0.15) is 69.4 Å².